The first-order chi connectivity index (χ1) is 13.2. The third-order valence-corrected chi connectivity index (χ3v) is 4.52. The van der Waals surface area contributed by atoms with Gasteiger partial charge in [0.25, 0.3) is 5.91 Å². The van der Waals surface area contributed by atoms with E-state index in [2.05, 4.69) is 10.1 Å². The van der Waals surface area contributed by atoms with Crippen LogP contribution in [0.15, 0.2) is 79.3 Å². The van der Waals surface area contributed by atoms with Crippen LogP contribution in [0, 0.1) is 0 Å². The molecule has 4 rings (SSSR count). The van der Waals surface area contributed by atoms with E-state index in [1.165, 1.54) is 0 Å². The summed E-state index contributed by atoms with van der Waals surface area (Å²) in [5.74, 6) is -0.501. The average Bonchev–Trinajstić information content (AvgIpc) is 3.16. The quantitative estimate of drug-likeness (QED) is 0.423. The number of hydrogen-bond acceptors (Lipinski definition) is 4. The van der Waals surface area contributed by atoms with Gasteiger partial charge in [-0.1, -0.05) is 48.5 Å². The van der Waals surface area contributed by atoms with Gasteiger partial charge in [-0.25, -0.2) is 5.48 Å². The maximum Gasteiger partial charge on any atom is 0.268 e. The summed E-state index contributed by atoms with van der Waals surface area (Å²) >= 11 is 0. The Morgan fingerprint density at radius 2 is 1.93 bits per heavy atom. The normalized spacial score (nSPS) is 12.0. The van der Waals surface area contributed by atoms with Gasteiger partial charge < -0.3 is 0 Å². The van der Waals surface area contributed by atoms with E-state index in [0.717, 1.165) is 27.6 Å². The van der Waals surface area contributed by atoms with Crippen molar-refractivity contribution in [1.29, 1.82) is 0 Å². The first-order valence-electron chi connectivity index (χ1n) is 8.62. The third kappa shape index (κ3) is 3.56. The van der Waals surface area contributed by atoms with Gasteiger partial charge in [0.1, 0.15) is 6.04 Å². The van der Waals surface area contributed by atoms with Crippen molar-refractivity contribution < 1.29 is 10.0 Å². The highest BCUT2D eigenvalue weighted by molar-refractivity contribution is 5.85. The summed E-state index contributed by atoms with van der Waals surface area (Å²) in [6.07, 6.45) is 5.79. The number of pyridine rings is 1. The highest BCUT2D eigenvalue weighted by Crippen LogP contribution is 2.25. The number of fused-ring (bicyclic) bond motifs is 1. The molecule has 0 aliphatic rings. The maximum absolute atomic E-state index is 12.3. The second-order valence-electron chi connectivity index (χ2n) is 6.31. The molecular weight excluding hydrogens is 340 g/mol. The van der Waals surface area contributed by atoms with E-state index in [0.29, 0.717) is 6.42 Å². The maximum atomic E-state index is 12.3. The zero-order valence-corrected chi connectivity index (χ0v) is 14.5. The van der Waals surface area contributed by atoms with Gasteiger partial charge in [-0.2, -0.15) is 5.10 Å². The first-order valence-corrected chi connectivity index (χ1v) is 8.62. The molecular formula is C21H18N4O2. The van der Waals surface area contributed by atoms with Crippen molar-refractivity contribution in [1.82, 2.24) is 20.2 Å². The van der Waals surface area contributed by atoms with Gasteiger partial charge in [0.15, 0.2) is 0 Å². The topological polar surface area (TPSA) is 80.0 Å². The lowest BCUT2D eigenvalue weighted by Crippen LogP contribution is -2.32. The Hall–Kier alpha value is -3.51. The zero-order chi connectivity index (χ0) is 18.6. The molecule has 0 saturated carbocycles. The molecule has 1 atom stereocenters. The van der Waals surface area contributed by atoms with Gasteiger partial charge >= 0.3 is 0 Å². The molecule has 1 unspecified atom stereocenters. The molecule has 1 amide bonds. The van der Waals surface area contributed by atoms with Crippen molar-refractivity contribution in [3.8, 4) is 11.1 Å². The average molecular weight is 358 g/mol. The van der Waals surface area contributed by atoms with Crippen LogP contribution in [0.4, 0.5) is 0 Å². The summed E-state index contributed by atoms with van der Waals surface area (Å²) in [5.41, 5.74) is 5.53. The summed E-state index contributed by atoms with van der Waals surface area (Å²) in [6.45, 7) is 0. The van der Waals surface area contributed by atoms with E-state index in [9.17, 15) is 4.79 Å². The van der Waals surface area contributed by atoms with Crippen molar-refractivity contribution in [3.63, 3.8) is 0 Å². The number of benzene rings is 2. The van der Waals surface area contributed by atoms with Crippen molar-refractivity contribution >= 4 is 16.8 Å². The second kappa shape index (κ2) is 7.39. The minimum absolute atomic E-state index is 0.427. The molecule has 0 spiro atoms. The van der Waals surface area contributed by atoms with Crippen LogP contribution < -0.4 is 5.48 Å². The Morgan fingerprint density at radius 3 is 2.67 bits per heavy atom. The highest BCUT2D eigenvalue weighted by Gasteiger charge is 2.22. The molecule has 2 N–H and O–H groups in total. The van der Waals surface area contributed by atoms with Gasteiger partial charge in [0, 0.05) is 36.0 Å². The minimum atomic E-state index is -0.647. The number of rotatable bonds is 5. The Bertz CT molecular complexity index is 1060. The van der Waals surface area contributed by atoms with E-state index in [4.69, 9.17) is 5.21 Å². The van der Waals surface area contributed by atoms with Crippen LogP contribution in [0.3, 0.4) is 0 Å². The van der Waals surface area contributed by atoms with Gasteiger partial charge in [-0.05, 0) is 23.3 Å². The van der Waals surface area contributed by atoms with Crippen LogP contribution in [-0.4, -0.2) is 25.9 Å². The SMILES string of the molecule is O=C(NO)C(Cc1ccccc1)n1cc2ccc(-c3cccnc3)cc2n1. The summed E-state index contributed by atoms with van der Waals surface area (Å²) in [5, 5.41) is 14.7. The Morgan fingerprint density at radius 1 is 1.07 bits per heavy atom. The molecule has 2 aromatic heterocycles. The molecule has 0 aliphatic carbocycles. The smallest absolute Gasteiger partial charge is 0.268 e. The van der Waals surface area contributed by atoms with Crippen molar-refractivity contribution in [2.45, 2.75) is 12.5 Å². The van der Waals surface area contributed by atoms with Gasteiger partial charge in [0.2, 0.25) is 0 Å². The minimum Gasteiger partial charge on any atom is -0.289 e. The third-order valence-electron chi connectivity index (χ3n) is 4.52. The molecule has 134 valence electrons. The Kier molecular flexibility index (Phi) is 4.63. The molecule has 4 aromatic rings. The predicted molar refractivity (Wildman–Crippen MR) is 102 cm³/mol. The summed E-state index contributed by atoms with van der Waals surface area (Å²) in [7, 11) is 0. The van der Waals surface area contributed by atoms with Crippen LogP contribution in [0.2, 0.25) is 0 Å². The van der Waals surface area contributed by atoms with E-state index in [1.807, 2.05) is 66.9 Å². The predicted octanol–water partition coefficient (Wildman–Crippen LogP) is 3.39. The molecule has 6 heteroatoms. The van der Waals surface area contributed by atoms with Crippen molar-refractivity contribution in [3.05, 3.63) is 84.8 Å². The van der Waals surface area contributed by atoms with Crippen LogP contribution >= 0.6 is 0 Å². The fourth-order valence-corrected chi connectivity index (χ4v) is 3.13. The van der Waals surface area contributed by atoms with Gasteiger partial charge in [-0.3, -0.25) is 19.7 Å². The molecule has 0 bridgehead atoms. The summed E-state index contributed by atoms with van der Waals surface area (Å²) < 4.78 is 1.61. The molecule has 6 nitrogen and oxygen atoms in total. The van der Waals surface area contributed by atoms with Crippen molar-refractivity contribution in [2.75, 3.05) is 0 Å². The Balaban J connectivity index is 1.71. The van der Waals surface area contributed by atoms with Crippen LogP contribution in [0.25, 0.3) is 22.0 Å². The number of amides is 1. The van der Waals surface area contributed by atoms with Crippen LogP contribution in [-0.2, 0) is 11.2 Å². The lowest BCUT2D eigenvalue weighted by Gasteiger charge is -2.15. The van der Waals surface area contributed by atoms with E-state index >= 15 is 0 Å². The number of hydroxylamine groups is 1. The number of aromatic nitrogens is 3. The molecule has 0 fully saturated rings. The number of carbonyl (C=O) groups is 1. The molecule has 2 aromatic carbocycles. The standard InChI is InChI=1S/C21H18N4O2/c26-21(24-27)20(11-15-5-2-1-3-6-15)25-14-18-9-8-16(12-19(18)23-25)17-7-4-10-22-13-17/h1-10,12-14,20,27H,11H2,(H,24,26). The molecule has 0 saturated heterocycles. The second-order valence-corrected chi connectivity index (χ2v) is 6.31. The molecule has 0 radical (unpaired) electrons. The lowest BCUT2D eigenvalue weighted by molar-refractivity contribution is -0.132. The summed E-state index contributed by atoms with van der Waals surface area (Å²) in [4.78, 5) is 16.4. The molecule has 27 heavy (non-hydrogen) atoms. The number of hydrogen-bond donors (Lipinski definition) is 2. The lowest BCUT2D eigenvalue weighted by atomic mass is 10.1. The fourth-order valence-electron chi connectivity index (χ4n) is 3.13. The van der Waals surface area contributed by atoms with Crippen LogP contribution in [0.5, 0.6) is 0 Å². The van der Waals surface area contributed by atoms with Crippen LogP contribution in [0.1, 0.15) is 11.6 Å². The largest absolute Gasteiger partial charge is 0.289 e. The first kappa shape index (κ1) is 16.9. The molecule has 0 aliphatic heterocycles. The zero-order valence-electron chi connectivity index (χ0n) is 14.5. The van der Waals surface area contributed by atoms with Gasteiger partial charge in [0.05, 0.1) is 5.52 Å². The van der Waals surface area contributed by atoms with E-state index in [-0.39, 0.29) is 0 Å². The summed E-state index contributed by atoms with van der Waals surface area (Å²) in [6, 6.07) is 18.8. The van der Waals surface area contributed by atoms with E-state index in [1.54, 1.807) is 22.6 Å². The monoisotopic (exact) mass is 358 g/mol. The van der Waals surface area contributed by atoms with E-state index < -0.39 is 11.9 Å². The van der Waals surface area contributed by atoms with Gasteiger partial charge in [-0.15, -0.1) is 0 Å². The Labute approximate surface area is 156 Å². The highest BCUT2D eigenvalue weighted by atomic mass is 16.5. The van der Waals surface area contributed by atoms with Crippen molar-refractivity contribution in [2.24, 2.45) is 0 Å². The molecule has 2 heterocycles. The number of nitrogens with zero attached hydrogens (tertiary/aromatic N) is 3. The fraction of sp³-hybridized carbons (Fsp3) is 0.0952. The number of nitrogens with one attached hydrogen (secondary N) is 1. The number of carbonyl (C=O) groups excluding carboxylic acids is 1.